The topological polar surface area (TPSA) is 111 Å². The highest BCUT2D eigenvalue weighted by Crippen LogP contribution is 2.37. The molecule has 0 heterocycles. The van der Waals surface area contributed by atoms with E-state index in [2.05, 4.69) is 21.6 Å². The van der Waals surface area contributed by atoms with Gasteiger partial charge in [0.05, 0.1) is 11.7 Å². The Balaban J connectivity index is 2.12. The molecule has 1 N–H and O–H groups in total. The molecule has 0 aliphatic carbocycles. The number of hydrogen-bond acceptors (Lipinski definition) is 6. The van der Waals surface area contributed by atoms with Gasteiger partial charge in [-0.2, -0.15) is 17.6 Å². The second kappa shape index (κ2) is 14.6. The highest BCUT2D eigenvalue weighted by atomic mass is 32.2. The number of hydrogen-bond donors (Lipinski definition) is 1. The Labute approximate surface area is 251 Å². The monoisotopic (exact) mass is 622 g/mol. The number of nitrogens with one attached hydrogen (secondary N) is 1. The summed E-state index contributed by atoms with van der Waals surface area (Å²) in [6.07, 6.45) is -5.98. The summed E-state index contributed by atoms with van der Waals surface area (Å²) in [4.78, 5) is 24.8. The normalized spacial score (nSPS) is 13.9. The number of carbonyl (C=O) groups excluding carboxylic acids is 2. The summed E-state index contributed by atoms with van der Waals surface area (Å²) in [7, 11) is -4.36. The zero-order chi connectivity index (χ0) is 32.5. The fraction of sp³-hybridized carbons (Fsp3) is 0.452. The predicted octanol–water partition coefficient (Wildman–Crippen LogP) is 6.15. The standard InChI is InChI=1S/C31H37F3N2O6S/c1-29(2,3)41-27(37)26(36-28(38)42-30(4,5)6)18-20-35-43(39,40)21-19-25(31(32,33)34)24-16-14-23(15-17-24)13-12-22-10-8-7-9-11-22/h7-11,14-17,20,25-26H,18-19,21H2,1-6H3,(H,36,38)/t25?,26-/m0/s1. The molecule has 2 aromatic carbocycles. The molecule has 8 nitrogen and oxygen atoms in total. The van der Waals surface area contributed by atoms with Crippen molar-refractivity contribution in [2.75, 3.05) is 5.75 Å². The summed E-state index contributed by atoms with van der Waals surface area (Å²) in [5.41, 5.74) is -0.629. The molecule has 0 radical (unpaired) electrons. The molecular weight excluding hydrogens is 585 g/mol. The number of esters is 1. The summed E-state index contributed by atoms with van der Waals surface area (Å²) < 4.78 is 80.7. The van der Waals surface area contributed by atoms with Crippen LogP contribution < -0.4 is 5.32 Å². The fourth-order valence-corrected chi connectivity index (χ4v) is 4.55. The van der Waals surface area contributed by atoms with Crippen LogP contribution in [0.1, 0.15) is 77.0 Å². The SMILES string of the molecule is CC(C)(C)OC(=O)N[C@@H](CC=NS(=O)(=O)CCC(c1ccc(C#Cc2ccccc2)cc1)C(F)(F)F)C(=O)OC(C)(C)C. The quantitative estimate of drug-likeness (QED) is 0.204. The van der Waals surface area contributed by atoms with E-state index >= 15 is 0 Å². The van der Waals surface area contributed by atoms with Crippen LogP contribution in [-0.2, 0) is 24.3 Å². The van der Waals surface area contributed by atoms with E-state index in [1.165, 1.54) is 24.3 Å². The van der Waals surface area contributed by atoms with Gasteiger partial charge in [-0.25, -0.2) is 18.0 Å². The van der Waals surface area contributed by atoms with Crippen LogP contribution in [0.5, 0.6) is 0 Å². The molecular formula is C31H37F3N2O6S. The minimum atomic E-state index is -4.71. The average molecular weight is 623 g/mol. The summed E-state index contributed by atoms with van der Waals surface area (Å²) >= 11 is 0. The van der Waals surface area contributed by atoms with Crippen LogP contribution in [0, 0.1) is 11.8 Å². The molecule has 0 bridgehead atoms. The highest BCUT2D eigenvalue weighted by molar-refractivity contribution is 7.90. The maximum atomic E-state index is 13.9. The first kappa shape index (κ1) is 35.3. The Morgan fingerprint density at radius 3 is 1.93 bits per heavy atom. The van der Waals surface area contributed by atoms with Crippen molar-refractivity contribution in [2.45, 2.75) is 83.7 Å². The number of benzene rings is 2. The zero-order valence-corrected chi connectivity index (χ0v) is 25.8. The van der Waals surface area contributed by atoms with Crippen molar-refractivity contribution >= 4 is 28.3 Å². The third-order valence-corrected chi connectivity index (χ3v) is 6.68. The highest BCUT2D eigenvalue weighted by Gasteiger charge is 2.41. The maximum absolute atomic E-state index is 13.9. The van der Waals surface area contributed by atoms with Crippen molar-refractivity contribution < 1.29 is 40.7 Å². The van der Waals surface area contributed by atoms with Crippen molar-refractivity contribution in [2.24, 2.45) is 4.40 Å². The third-order valence-electron chi connectivity index (χ3n) is 5.46. The fourth-order valence-electron chi connectivity index (χ4n) is 3.60. The van der Waals surface area contributed by atoms with Gasteiger partial charge >= 0.3 is 18.2 Å². The van der Waals surface area contributed by atoms with Crippen LogP contribution in [0.4, 0.5) is 18.0 Å². The van der Waals surface area contributed by atoms with Crippen molar-refractivity contribution in [3.8, 4) is 11.8 Å². The Morgan fingerprint density at radius 1 is 0.884 bits per heavy atom. The lowest BCUT2D eigenvalue weighted by Crippen LogP contribution is -2.46. The molecule has 2 rings (SSSR count). The first-order valence-corrected chi connectivity index (χ1v) is 15.1. The van der Waals surface area contributed by atoms with E-state index in [9.17, 15) is 31.2 Å². The zero-order valence-electron chi connectivity index (χ0n) is 25.0. The number of amides is 1. The van der Waals surface area contributed by atoms with E-state index in [-0.39, 0.29) is 5.56 Å². The largest absolute Gasteiger partial charge is 0.458 e. The van der Waals surface area contributed by atoms with E-state index in [0.29, 0.717) is 5.56 Å². The molecule has 0 saturated carbocycles. The van der Waals surface area contributed by atoms with Gasteiger partial charge in [0.2, 0.25) is 0 Å². The maximum Gasteiger partial charge on any atom is 0.408 e. The van der Waals surface area contributed by atoms with Crippen molar-refractivity contribution in [3.63, 3.8) is 0 Å². The Hall–Kier alpha value is -3.85. The Bertz CT molecular complexity index is 1430. The van der Waals surface area contributed by atoms with Gasteiger partial charge in [-0.1, -0.05) is 42.2 Å². The first-order valence-electron chi connectivity index (χ1n) is 13.5. The summed E-state index contributed by atoms with van der Waals surface area (Å²) in [5.74, 6) is 1.98. The van der Waals surface area contributed by atoms with Crippen molar-refractivity contribution in [1.82, 2.24) is 5.32 Å². The molecule has 234 valence electrons. The molecule has 1 amide bonds. The van der Waals surface area contributed by atoms with E-state index in [1.54, 1.807) is 53.7 Å². The molecule has 0 aliphatic heterocycles. The lowest BCUT2D eigenvalue weighted by atomic mass is 9.95. The van der Waals surface area contributed by atoms with Gasteiger partial charge in [0.25, 0.3) is 10.0 Å². The lowest BCUT2D eigenvalue weighted by molar-refractivity contribution is -0.157. The number of alkyl halides is 3. The van der Waals surface area contributed by atoms with Gasteiger partial charge in [0.15, 0.2) is 0 Å². The van der Waals surface area contributed by atoms with Crippen LogP contribution in [0.2, 0.25) is 0 Å². The van der Waals surface area contributed by atoms with E-state index in [1.807, 2.05) is 18.2 Å². The van der Waals surface area contributed by atoms with Gasteiger partial charge in [-0.3, -0.25) is 0 Å². The molecule has 43 heavy (non-hydrogen) atoms. The second-order valence-corrected chi connectivity index (χ2v) is 13.4. The third kappa shape index (κ3) is 13.8. The second-order valence-electron chi connectivity index (χ2n) is 11.7. The number of rotatable bonds is 9. The van der Waals surface area contributed by atoms with Gasteiger partial charge in [-0.15, -0.1) is 0 Å². The van der Waals surface area contributed by atoms with Gasteiger partial charge < -0.3 is 14.8 Å². The summed E-state index contributed by atoms with van der Waals surface area (Å²) in [6.45, 7) is 9.67. The van der Waals surface area contributed by atoms with Gasteiger partial charge in [-0.05, 0) is 77.8 Å². The number of carbonyl (C=O) groups is 2. The van der Waals surface area contributed by atoms with Gasteiger partial charge in [0.1, 0.15) is 17.2 Å². The predicted molar refractivity (Wildman–Crippen MR) is 158 cm³/mol. The number of ether oxygens (including phenoxy) is 2. The van der Waals surface area contributed by atoms with Crippen LogP contribution in [-0.4, -0.2) is 55.9 Å². The Kier molecular flexibility index (Phi) is 12.0. The summed E-state index contributed by atoms with van der Waals surface area (Å²) in [5, 5.41) is 2.32. The van der Waals surface area contributed by atoms with Crippen LogP contribution >= 0.6 is 0 Å². The molecule has 1 unspecified atom stereocenters. The average Bonchev–Trinajstić information content (AvgIpc) is 2.85. The molecule has 0 aromatic heterocycles. The lowest BCUT2D eigenvalue weighted by Gasteiger charge is -2.25. The van der Waals surface area contributed by atoms with Crippen molar-refractivity contribution in [1.29, 1.82) is 0 Å². The minimum absolute atomic E-state index is 0.108. The molecule has 12 heteroatoms. The van der Waals surface area contributed by atoms with E-state index in [0.717, 1.165) is 11.8 Å². The number of alkyl carbamates (subject to hydrolysis) is 1. The van der Waals surface area contributed by atoms with Crippen LogP contribution in [0.25, 0.3) is 0 Å². The van der Waals surface area contributed by atoms with E-state index < -0.39 is 70.0 Å². The molecule has 0 fully saturated rings. The molecule has 0 aliphatic rings. The summed E-state index contributed by atoms with van der Waals surface area (Å²) in [6, 6.07) is 13.2. The molecule has 0 spiro atoms. The Morgan fingerprint density at radius 2 is 1.42 bits per heavy atom. The molecule has 2 aromatic rings. The number of sulfonamides is 1. The van der Waals surface area contributed by atoms with E-state index in [4.69, 9.17) is 9.47 Å². The first-order chi connectivity index (χ1) is 19.7. The van der Waals surface area contributed by atoms with Crippen LogP contribution in [0.15, 0.2) is 59.0 Å². The number of nitrogens with zero attached hydrogens (tertiary/aromatic N) is 1. The molecule has 0 saturated heterocycles. The smallest absolute Gasteiger partial charge is 0.408 e. The van der Waals surface area contributed by atoms with Crippen molar-refractivity contribution in [3.05, 3.63) is 71.3 Å². The molecule has 2 atom stereocenters. The van der Waals surface area contributed by atoms with Gasteiger partial charge in [0, 0.05) is 23.8 Å². The number of halogens is 3. The minimum Gasteiger partial charge on any atom is -0.458 e. The van der Waals surface area contributed by atoms with Crippen LogP contribution in [0.3, 0.4) is 0 Å².